The summed E-state index contributed by atoms with van der Waals surface area (Å²) in [6.07, 6.45) is 1.82. The van der Waals surface area contributed by atoms with Crippen LogP contribution in [0.4, 0.5) is 9.18 Å². The Balaban J connectivity index is 1.60. The maximum absolute atomic E-state index is 13.0. The predicted octanol–water partition coefficient (Wildman–Crippen LogP) is 5.05. The monoisotopic (exact) mass is 361 g/mol. The van der Waals surface area contributed by atoms with Crippen molar-refractivity contribution < 1.29 is 18.7 Å². The molecule has 0 radical (unpaired) electrons. The van der Waals surface area contributed by atoms with Gasteiger partial charge in [-0.2, -0.15) is 0 Å². The molecule has 25 heavy (non-hydrogen) atoms. The van der Waals surface area contributed by atoms with Crippen molar-refractivity contribution in [3.05, 3.63) is 59.9 Å². The largest absolute Gasteiger partial charge is 0.514 e. The van der Waals surface area contributed by atoms with Crippen LogP contribution in [0.2, 0.25) is 0 Å². The average molecular weight is 361 g/mol. The lowest BCUT2D eigenvalue weighted by atomic mass is 9.98. The number of hydrogen-bond acceptors (Lipinski definition) is 3. The van der Waals surface area contributed by atoms with Crippen LogP contribution in [0.25, 0.3) is 0 Å². The molecule has 0 aromatic heterocycles. The number of ether oxygens (including phenoxy) is 2. The van der Waals surface area contributed by atoms with E-state index < -0.39 is 11.8 Å². The molecule has 0 bridgehead atoms. The van der Waals surface area contributed by atoms with E-state index in [0.29, 0.717) is 22.2 Å². The maximum atomic E-state index is 13.0. The molecule has 132 valence electrons. The lowest BCUT2D eigenvalue weighted by molar-refractivity contribution is 0.00633. The number of halogens is 1. The van der Waals surface area contributed by atoms with Crippen LogP contribution in [0.15, 0.2) is 53.4 Å². The quantitative estimate of drug-likeness (QED) is 0.434. The molecule has 3 rings (SSSR count). The van der Waals surface area contributed by atoms with Crippen molar-refractivity contribution in [1.82, 2.24) is 0 Å². The topological polar surface area (TPSA) is 35.5 Å². The number of carbonyl (C=O) groups excluding carboxylic acids is 1. The molecule has 3 nitrogen and oxygen atoms in total. The Labute approximate surface area is 150 Å². The summed E-state index contributed by atoms with van der Waals surface area (Å²) in [7, 11) is 0.343. The van der Waals surface area contributed by atoms with Gasteiger partial charge < -0.3 is 9.47 Å². The van der Waals surface area contributed by atoms with E-state index in [4.69, 9.17) is 9.47 Å². The summed E-state index contributed by atoms with van der Waals surface area (Å²) in [6.45, 7) is 3.48. The molecule has 1 aliphatic heterocycles. The molecule has 0 aliphatic carbocycles. The standard InChI is InChI=1S/C20H22FO3S/c1-20(2,15-5-7-16(21)8-6-15)24-19(22)23-17-9-11-18(12-10-17)25-13-3-4-14-25/h5-12H,3-4,13-14H2,1-2H3/q+1. The van der Waals surface area contributed by atoms with Crippen molar-refractivity contribution in [3.8, 4) is 5.75 Å². The van der Waals surface area contributed by atoms with Crippen molar-refractivity contribution in [2.24, 2.45) is 0 Å². The van der Waals surface area contributed by atoms with E-state index in [1.807, 2.05) is 24.3 Å². The van der Waals surface area contributed by atoms with Crippen molar-refractivity contribution in [2.45, 2.75) is 37.2 Å². The number of hydrogen-bond donors (Lipinski definition) is 0. The van der Waals surface area contributed by atoms with Gasteiger partial charge in [-0.15, -0.1) is 0 Å². The summed E-state index contributed by atoms with van der Waals surface area (Å²) in [5.41, 5.74) is -0.209. The van der Waals surface area contributed by atoms with E-state index in [0.717, 1.165) is 0 Å². The Hall–Kier alpha value is -2.01. The van der Waals surface area contributed by atoms with Gasteiger partial charge in [-0.1, -0.05) is 12.1 Å². The second-order valence-corrected chi connectivity index (χ2v) is 8.82. The molecule has 0 unspecified atom stereocenters. The SMILES string of the molecule is CC(C)(OC(=O)Oc1ccc([S+]2CCCC2)cc1)c1ccc(F)cc1. The van der Waals surface area contributed by atoms with Crippen LogP contribution in [-0.4, -0.2) is 17.7 Å². The Morgan fingerprint density at radius 1 is 1.00 bits per heavy atom. The van der Waals surface area contributed by atoms with E-state index in [-0.39, 0.29) is 5.82 Å². The molecule has 0 N–H and O–H groups in total. The van der Waals surface area contributed by atoms with Gasteiger partial charge in [0, 0.05) is 10.9 Å². The normalized spacial score (nSPS) is 15.2. The molecule has 1 saturated heterocycles. The van der Waals surface area contributed by atoms with Gasteiger partial charge in [0.25, 0.3) is 0 Å². The fraction of sp³-hybridized carbons (Fsp3) is 0.350. The van der Waals surface area contributed by atoms with Crippen molar-refractivity contribution >= 4 is 17.1 Å². The first-order valence-electron chi connectivity index (χ1n) is 8.38. The molecule has 0 amide bonds. The highest BCUT2D eigenvalue weighted by Crippen LogP contribution is 2.27. The van der Waals surface area contributed by atoms with Gasteiger partial charge in [0.2, 0.25) is 0 Å². The van der Waals surface area contributed by atoms with Gasteiger partial charge >= 0.3 is 6.16 Å². The Morgan fingerprint density at radius 3 is 2.20 bits per heavy atom. The zero-order chi connectivity index (χ0) is 17.9. The lowest BCUT2D eigenvalue weighted by Crippen LogP contribution is -2.27. The van der Waals surface area contributed by atoms with Crippen LogP contribution in [0.3, 0.4) is 0 Å². The minimum absolute atomic E-state index is 0.329. The van der Waals surface area contributed by atoms with Gasteiger partial charge in [-0.05, 0) is 68.7 Å². The summed E-state index contributed by atoms with van der Waals surface area (Å²) in [4.78, 5) is 13.4. The molecule has 1 heterocycles. The minimum Gasteiger partial charge on any atom is -0.423 e. The summed E-state index contributed by atoms with van der Waals surface area (Å²) >= 11 is 0. The van der Waals surface area contributed by atoms with Gasteiger partial charge in [0.15, 0.2) is 4.90 Å². The summed E-state index contributed by atoms with van der Waals surface area (Å²) < 4.78 is 23.7. The average Bonchev–Trinajstić information content (AvgIpc) is 3.10. The molecule has 5 heteroatoms. The van der Waals surface area contributed by atoms with Crippen molar-refractivity contribution in [2.75, 3.05) is 11.5 Å². The predicted molar refractivity (Wildman–Crippen MR) is 97.6 cm³/mol. The van der Waals surface area contributed by atoms with Gasteiger partial charge in [0.05, 0.1) is 0 Å². The van der Waals surface area contributed by atoms with Gasteiger partial charge in [0.1, 0.15) is 28.7 Å². The summed E-state index contributed by atoms with van der Waals surface area (Å²) in [5, 5.41) is 0. The summed E-state index contributed by atoms with van der Waals surface area (Å²) in [5.74, 6) is 2.65. The minimum atomic E-state index is -0.907. The van der Waals surface area contributed by atoms with Crippen LogP contribution in [0, 0.1) is 5.82 Å². The molecule has 1 aliphatic rings. The molecular weight excluding hydrogens is 339 g/mol. The molecule has 0 saturated carbocycles. The van der Waals surface area contributed by atoms with Crippen molar-refractivity contribution in [3.63, 3.8) is 0 Å². The Kier molecular flexibility index (Phi) is 5.33. The second-order valence-electron chi connectivity index (χ2n) is 6.55. The van der Waals surface area contributed by atoms with Crippen LogP contribution in [0.5, 0.6) is 5.75 Å². The zero-order valence-electron chi connectivity index (χ0n) is 14.5. The van der Waals surface area contributed by atoms with Crippen LogP contribution in [-0.2, 0) is 21.2 Å². The van der Waals surface area contributed by atoms with Gasteiger partial charge in [-0.25, -0.2) is 9.18 Å². The molecule has 2 aromatic carbocycles. The molecule has 0 spiro atoms. The number of benzene rings is 2. The van der Waals surface area contributed by atoms with Gasteiger partial charge in [-0.3, -0.25) is 0 Å². The smallest absolute Gasteiger partial charge is 0.423 e. The first-order valence-corrected chi connectivity index (χ1v) is 9.95. The van der Waals surface area contributed by atoms with E-state index in [1.165, 1.54) is 41.4 Å². The molecular formula is C20H22FO3S+. The highest BCUT2D eigenvalue weighted by Gasteiger charge is 2.28. The summed E-state index contributed by atoms with van der Waals surface area (Å²) in [6, 6.07) is 13.6. The van der Waals surface area contributed by atoms with E-state index >= 15 is 0 Å². The third kappa shape index (κ3) is 4.54. The Bertz CT molecular complexity index is 720. The van der Waals surface area contributed by atoms with E-state index in [9.17, 15) is 9.18 Å². The van der Waals surface area contributed by atoms with E-state index in [1.54, 1.807) is 26.0 Å². The highest BCUT2D eigenvalue weighted by atomic mass is 32.2. The fourth-order valence-electron chi connectivity index (χ4n) is 2.83. The van der Waals surface area contributed by atoms with Crippen molar-refractivity contribution in [1.29, 1.82) is 0 Å². The highest BCUT2D eigenvalue weighted by molar-refractivity contribution is 7.97. The maximum Gasteiger partial charge on any atom is 0.514 e. The zero-order valence-corrected chi connectivity index (χ0v) is 15.3. The van der Waals surface area contributed by atoms with Crippen LogP contribution >= 0.6 is 0 Å². The lowest BCUT2D eigenvalue weighted by Gasteiger charge is -2.24. The number of rotatable bonds is 4. The fourth-order valence-corrected chi connectivity index (χ4v) is 5.13. The molecule has 1 fully saturated rings. The molecule has 0 atom stereocenters. The Morgan fingerprint density at radius 2 is 1.60 bits per heavy atom. The van der Waals surface area contributed by atoms with E-state index in [2.05, 4.69) is 0 Å². The third-order valence-electron chi connectivity index (χ3n) is 4.27. The van der Waals surface area contributed by atoms with Crippen LogP contribution < -0.4 is 4.74 Å². The number of carbonyl (C=O) groups is 1. The first-order chi connectivity index (χ1) is 11.9. The first kappa shape index (κ1) is 17.8. The third-order valence-corrected chi connectivity index (χ3v) is 6.77. The van der Waals surface area contributed by atoms with Crippen LogP contribution in [0.1, 0.15) is 32.3 Å². The molecule has 2 aromatic rings. The second kappa shape index (κ2) is 7.48.